The van der Waals surface area contributed by atoms with E-state index in [1.807, 2.05) is 0 Å². The van der Waals surface area contributed by atoms with Gasteiger partial charge in [0.15, 0.2) is 12.2 Å². The van der Waals surface area contributed by atoms with Gasteiger partial charge < -0.3 is 14.6 Å². The fourth-order valence-corrected chi connectivity index (χ4v) is 4.63. The molecule has 8 nitrogen and oxygen atoms in total. The molecule has 11 heteroatoms. The largest absolute Gasteiger partial charge is 0.444 e. The van der Waals surface area contributed by atoms with Crippen LogP contribution in [0.15, 0.2) is 70.7 Å². The molecule has 1 atom stereocenters. The highest BCUT2D eigenvalue weighted by Gasteiger charge is 2.44. The van der Waals surface area contributed by atoms with Gasteiger partial charge in [0.25, 0.3) is 5.91 Å². The highest BCUT2D eigenvalue weighted by atomic mass is 19.4. The second-order valence-electron chi connectivity index (χ2n) is 8.33. The number of nitrogens with zero attached hydrogens (tertiary/aromatic N) is 4. The molecule has 0 aliphatic carbocycles. The molecular weight excluding hydrogens is 475 g/mol. The average molecular weight is 493 g/mol. The van der Waals surface area contributed by atoms with E-state index in [0.29, 0.717) is 28.1 Å². The maximum atomic E-state index is 13.7. The lowest BCUT2D eigenvalue weighted by atomic mass is 9.86. The van der Waals surface area contributed by atoms with Crippen LogP contribution in [-0.2, 0) is 11.0 Å². The summed E-state index contributed by atoms with van der Waals surface area (Å²) in [5.74, 6) is -0.105. The number of amides is 3. The van der Waals surface area contributed by atoms with Crippen LogP contribution in [0.3, 0.4) is 0 Å². The van der Waals surface area contributed by atoms with Crippen LogP contribution in [-0.4, -0.2) is 35.4 Å². The molecule has 1 N–H and O–H groups in total. The molecule has 3 amide bonds. The van der Waals surface area contributed by atoms with Crippen LogP contribution >= 0.6 is 0 Å². The first-order valence-corrected chi connectivity index (χ1v) is 10.9. The Balaban J connectivity index is 1.72. The Morgan fingerprint density at radius 1 is 1.19 bits per heavy atom. The molecule has 0 radical (unpaired) electrons. The molecule has 0 saturated carbocycles. The number of urea groups is 1. The van der Waals surface area contributed by atoms with Crippen molar-refractivity contribution in [3.05, 3.63) is 83.0 Å². The summed E-state index contributed by atoms with van der Waals surface area (Å²) >= 11 is 0. The number of alkyl halides is 3. The standard InChI is InChI=1S/C25H18F3N5O3/c1-32-22(17-6-5-14(11-29)9-18(17)20-12-30-13-36-20)21-19(7-8-31-23(21)34)33(24(32)35)16-4-2-3-15(10-16)25(26,27)28/h2-6,9-10,12-13,22H,7-8H2,1H3,(H,31,34)/t22-/m1/s1. The highest BCUT2D eigenvalue weighted by molar-refractivity contribution is 6.06. The summed E-state index contributed by atoms with van der Waals surface area (Å²) in [5.41, 5.74) is 0.967. The topological polar surface area (TPSA) is 102 Å². The van der Waals surface area contributed by atoms with Crippen molar-refractivity contribution in [1.82, 2.24) is 15.2 Å². The molecule has 2 aliphatic rings. The van der Waals surface area contributed by atoms with Crippen molar-refractivity contribution in [2.45, 2.75) is 18.6 Å². The van der Waals surface area contributed by atoms with E-state index >= 15 is 0 Å². The Labute approximate surface area is 203 Å². The summed E-state index contributed by atoms with van der Waals surface area (Å²) in [5, 5.41) is 12.2. The van der Waals surface area contributed by atoms with E-state index in [1.54, 1.807) is 18.2 Å². The molecule has 0 bridgehead atoms. The lowest BCUT2D eigenvalue weighted by Crippen LogP contribution is -2.53. The number of aromatic nitrogens is 1. The van der Waals surface area contributed by atoms with E-state index < -0.39 is 29.7 Å². The number of halogens is 3. The first kappa shape index (κ1) is 23.2. The van der Waals surface area contributed by atoms with Gasteiger partial charge in [-0.1, -0.05) is 12.1 Å². The fraction of sp³-hybridized carbons (Fsp3) is 0.200. The molecule has 182 valence electrons. The van der Waals surface area contributed by atoms with Crippen molar-refractivity contribution in [3.8, 4) is 17.4 Å². The van der Waals surface area contributed by atoms with Crippen molar-refractivity contribution in [2.24, 2.45) is 0 Å². The van der Waals surface area contributed by atoms with Crippen LogP contribution in [0.25, 0.3) is 11.3 Å². The molecule has 1 aromatic heterocycles. The summed E-state index contributed by atoms with van der Waals surface area (Å²) in [4.78, 5) is 33.2. The number of oxazole rings is 1. The van der Waals surface area contributed by atoms with Crippen LogP contribution in [0.5, 0.6) is 0 Å². The third-order valence-electron chi connectivity index (χ3n) is 6.23. The number of carbonyl (C=O) groups is 2. The van der Waals surface area contributed by atoms with Crippen molar-refractivity contribution >= 4 is 17.6 Å². The van der Waals surface area contributed by atoms with Gasteiger partial charge in [-0.2, -0.15) is 18.4 Å². The number of hydrogen-bond donors (Lipinski definition) is 1. The molecule has 36 heavy (non-hydrogen) atoms. The van der Waals surface area contributed by atoms with E-state index in [9.17, 15) is 28.0 Å². The second kappa shape index (κ2) is 8.57. The third-order valence-corrected chi connectivity index (χ3v) is 6.23. The Bertz CT molecular complexity index is 1440. The molecule has 0 unspecified atom stereocenters. The number of nitrogens with one attached hydrogen (secondary N) is 1. The molecule has 0 fully saturated rings. The summed E-state index contributed by atoms with van der Waals surface area (Å²) < 4.78 is 45.7. The Hall–Kier alpha value is -4.59. The van der Waals surface area contributed by atoms with Crippen LogP contribution in [0.4, 0.5) is 23.7 Å². The van der Waals surface area contributed by atoms with E-state index in [-0.39, 0.29) is 24.2 Å². The zero-order valence-electron chi connectivity index (χ0n) is 18.8. The smallest absolute Gasteiger partial charge is 0.416 e. The Morgan fingerprint density at radius 2 is 2.00 bits per heavy atom. The molecular formula is C25H18F3N5O3. The Morgan fingerprint density at radius 3 is 2.69 bits per heavy atom. The van der Waals surface area contributed by atoms with Crippen LogP contribution in [0.2, 0.25) is 0 Å². The van der Waals surface area contributed by atoms with E-state index in [4.69, 9.17) is 4.42 Å². The normalized spacial score (nSPS) is 18.1. The highest BCUT2D eigenvalue weighted by Crippen LogP contribution is 2.44. The summed E-state index contributed by atoms with van der Waals surface area (Å²) in [6.07, 6.45) is -1.68. The molecule has 3 aromatic rings. The van der Waals surface area contributed by atoms with E-state index in [1.165, 1.54) is 36.7 Å². The molecule has 0 saturated heterocycles. The van der Waals surface area contributed by atoms with Gasteiger partial charge >= 0.3 is 12.2 Å². The van der Waals surface area contributed by atoms with Gasteiger partial charge in [-0.15, -0.1) is 0 Å². The monoisotopic (exact) mass is 493 g/mol. The molecule has 0 spiro atoms. The zero-order chi connectivity index (χ0) is 25.6. The first-order chi connectivity index (χ1) is 17.2. The van der Waals surface area contributed by atoms with Crippen LogP contribution < -0.4 is 10.2 Å². The number of benzene rings is 2. The van der Waals surface area contributed by atoms with Crippen molar-refractivity contribution in [2.75, 3.05) is 18.5 Å². The number of likely N-dealkylation sites (N-methyl/N-ethyl adjacent to an activating group) is 1. The van der Waals surface area contributed by atoms with Crippen LogP contribution in [0, 0.1) is 11.3 Å². The molecule has 2 aliphatic heterocycles. The maximum Gasteiger partial charge on any atom is 0.416 e. The van der Waals surface area contributed by atoms with E-state index in [2.05, 4.69) is 16.4 Å². The quantitative estimate of drug-likeness (QED) is 0.574. The third kappa shape index (κ3) is 3.76. The average Bonchev–Trinajstić information content (AvgIpc) is 3.40. The van der Waals surface area contributed by atoms with Crippen molar-refractivity contribution in [3.63, 3.8) is 0 Å². The molecule has 2 aromatic carbocycles. The van der Waals surface area contributed by atoms with E-state index in [0.717, 1.165) is 17.0 Å². The minimum Gasteiger partial charge on any atom is -0.444 e. The number of nitriles is 1. The number of anilines is 1. The van der Waals surface area contributed by atoms with Crippen molar-refractivity contribution in [1.29, 1.82) is 5.26 Å². The number of carbonyl (C=O) groups excluding carboxylic acids is 2. The summed E-state index contributed by atoms with van der Waals surface area (Å²) in [6, 6.07) is 9.80. The Kier molecular flexibility index (Phi) is 5.51. The SMILES string of the molecule is CN1C(=O)N(c2cccc(C(F)(F)F)c2)C2=C(C(=O)NCC2)[C@H]1c1ccc(C#N)cc1-c1cnco1. The van der Waals surface area contributed by atoms with Gasteiger partial charge in [0.1, 0.15) is 0 Å². The summed E-state index contributed by atoms with van der Waals surface area (Å²) in [6.45, 7) is 0.221. The first-order valence-electron chi connectivity index (χ1n) is 10.9. The molecule has 3 heterocycles. The second-order valence-corrected chi connectivity index (χ2v) is 8.33. The van der Waals surface area contributed by atoms with Gasteiger partial charge in [0.2, 0.25) is 0 Å². The number of hydrogen-bond acceptors (Lipinski definition) is 5. The minimum absolute atomic E-state index is 0.0117. The lowest BCUT2D eigenvalue weighted by molar-refractivity contribution is -0.137. The van der Waals surface area contributed by atoms with Gasteiger partial charge in [-0.05, 0) is 35.9 Å². The van der Waals surface area contributed by atoms with Gasteiger partial charge in [-0.25, -0.2) is 9.78 Å². The van der Waals surface area contributed by atoms with Gasteiger partial charge in [0, 0.05) is 31.3 Å². The molecule has 5 rings (SSSR count). The van der Waals surface area contributed by atoms with Gasteiger partial charge in [-0.3, -0.25) is 9.69 Å². The number of rotatable bonds is 3. The van der Waals surface area contributed by atoms with Gasteiger partial charge in [0.05, 0.1) is 40.7 Å². The summed E-state index contributed by atoms with van der Waals surface area (Å²) in [7, 11) is 1.47. The lowest BCUT2D eigenvalue weighted by Gasteiger charge is -2.44. The minimum atomic E-state index is -4.60. The van der Waals surface area contributed by atoms with Crippen molar-refractivity contribution < 1.29 is 27.2 Å². The van der Waals surface area contributed by atoms with Crippen LogP contribution in [0.1, 0.15) is 29.2 Å². The zero-order valence-corrected chi connectivity index (χ0v) is 18.8. The fourth-order valence-electron chi connectivity index (χ4n) is 4.63. The maximum absolute atomic E-state index is 13.7. The predicted octanol–water partition coefficient (Wildman–Crippen LogP) is 4.62. The predicted molar refractivity (Wildman–Crippen MR) is 121 cm³/mol.